The highest BCUT2D eigenvalue weighted by Crippen LogP contribution is 2.14. The number of Topliss-reactive ketones (excluding diaryl/α,β-unsaturated/α-hetero) is 1. The molecular formula is C17H18ClNO. The van der Waals surface area contributed by atoms with Gasteiger partial charge in [0.15, 0.2) is 5.78 Å². The fraction of sp³-hybridized carbons (Fsp3) is 0.235. The van der Waals surface area contributed by atoms with Gasteiger partial charge in [-0.15, -0.1) is 0 Å². The minimum absolute atomic E-state index is 0.111. The first kappa shape index (κ1) is 14.8. The van der Waals surface area contributed by atoms with E-state index in [1.165, 1.54) is 5.56 Å². The van der Waals surface area contributed by atoms with E-state index in [-0.39, 0.29) is 11.8 Å². The second kappa shape index (κ2) is 6.69. The summed E-state index contributed by atoms with van der Waals surface area (Å²) < 4.78 is 0. The van der Waals surface area contributed by atoms with Crippen molar-refractivity contribution >= 4 is 17.4 Å². The maximum Gasteiger partial charge on any atom is 0.179 e. The number of hydrogen-bond donors (Lipinski definition) is 0. The quantitative estimate of drug-likeness (QED) is 0.774. The predicted octanol–water partition coefficient (Wildman–Crippen LogP) is 4.04. The Bertz CT molecular complexity index is 565. The first-order chi connectivity index (χ1) is 9.58. The van der Waals surface area contributed by atoms with E-state index in [0.29, 0.717) is 10.6 Å². The molecule has 0 spiro atoms. The Hall–Kier alpha value is -1.64. The van der Waals surface area contributed by atoms with Crippen LogP contribution in [-0.2, 0) is 6.54 Å². The number of halogens is 1. The molecule has 0 fully saturated rings. The molecule has 0 saturated heterocycles. The van der Waals surface area contributed by atoms with Crippen LogP contribution in [0.4, 0.5) is 0 Å². The number of benzene rings is 2. The fourth-order valence-corrected chi connectivity index (χ4v) is 2.19. The highest BCUT2D eigenvalue weighted by Gasteiger charge is 2.19. The standard InChI is InChI=1S/C17H18ClNO/c1-13(17(20)15-8-10-16(18)11-9-15)19(2)12-14-6-4-3-5-7-14/h3-11,13H,12H2,1-2H3. The number of nitrogens with zero attached hydrogens (tertiary/aromatic N) is 1. The summed E-state index contributed by atoms with van der Waals surface area (Å²) >= 11 is 5.84. The molecule has 0 aliphatic carbocycles. The van der Waals surface area contributed by atoms with Gasteiger partial charge in [0.25, 0.3) is 0 Å². The average Bonchev–Trinajstić information content (AvgIpc) is 2.47. The van der Waals surface area contributed by atoms with Crippen LogP contribution in [0, 0.1) is 0 Å². The van der Waals surface area contributed by atoms with Crippen LogP contribution in [0.1, 0.15) is 22.8 Å². The Kier molecular flexibility index (Phi) is 4.94. The molecule has 0 amide bonds. The predicted molar refractivity (Wildman–Crippen MR) is 83.2 cm³/mol. The molecule has 0 aliphatic rings. The summed E-state index contributed by atoms with van der Waals surface area (Å²) in [6, 6.07) is 17.0. The molecular weight excluding hydrogens is 270 g/mol. The van der Waals surface area contributed by atoms with Gasteiger partial charge in [-0.25, -0.2) is 0 Å². The summed E-state index contributed by atoms with van der Waals surface area (Å²) in [5.41, 5.74) is 1.90. The van der Waals surface area contributed by atoms with E-state index in [4.69, 9.17) is 11.6 Å². The third-order valence-electron chi connectivity index (χ3n) is 3.44. The molecule has 104 valence electrons. The van der Waals surface area contributed by atoms with Crippen molar-refractivity contribution < 1.29 is 4.79 Å². The minimum Gasteiger partial charge on any atom is -0.292 e. The highest BCUT2D eigenvalue weighted by atomic mass is 35.5. The zero-order chi connectivity index (χ0) is 14.5. The lowest BCUT2D eigenvalue weighted by Crippen LogP contribution is -2.35. The molecule has 2 aromatic carbocycles. The second-order valence-electron chi connectivity index (χ2n) is 4.95. The van der Waals surface area contributed by atoms with Gasteiger partial charge < -0.3 is 0 Å². The zero-order valence-corrected chi connectivity index (χ0v) is 12.5. The van der Waals surface area contributed by atoms with Crippen LogP contribution in [0.15, 0.2) is 54.6 Å². The van der Waals surface area contributed by atoms with Crippen molar-refractivity contribution in [1.29, 1.82) is 0 Å². The van der Waals surface area contributed by atoms with E-state index in [9.17, 15) is 4.79 Å². The molecule has 0 radical (unpaired) electrons. The Balaban J connectivity index is 2.04. The summed E-state index contributed by atoms with van der Waals surface area (Å²) in [6.07, 6.45) is 0. The Morgan fingerprint density at radius 2 is 1.70 bits per heavy atom. The molecule has 0 heterocycles. The van der Waals surface area contributed by atoms with E-state index in [1.54, 1.807) is 24.3 Å². The minimum atomic E-state index is -0.170. The molecule has 1 unspecified atom stereocenters. The number of hydrogen-bond acceptors (Lipinski definition) is 2. The molecule has 1 atom stereocenters. The maximum absolute atomic E-state index is 12.4. The lowest BCUT2D eigenvalue weighted by Gasteiger charge is -2.23. The van der Waals surface area contributed by atoms with E-state index in [1.807, 2.05) is 37.1 Å². The number of likely N-dealkylation sites (N-methyl/N-ethyl adjacent to an activating group) is 1. The van der Waals surface area contributed by atoms with Crippen molar-refractivity contribution in [2.24, 2.45) is 0 Å². The van der Waals surface area contributed by atoms with Gasteiger partial charge in [0, 0.05) is 17.1 Å². The second-order valence-corrected chi connectivity index (χ2v) is 5.38. The van der Waals surface area contributed by atoms with Gasteiger partial charge in [0.2, 0.25) is 0 Å². The third kappa shape index (κ3) is 3.69. The summed E-state index contributed by atoms with van der Waals surface area (Å²) in [6.45, 7) is 2.68. The molecule has 3 heteroatoms. The first-order valence-corrected chi connectivity index (χ1v) is 6.99. The molecule has 0 saturated carbocycles. The normalized spacial score (nSPS) is 12.4. The van der Waals surface area contributed by atoms with Crippen molar-refractivity contribution in [3.05, 3.63) is 70.7 Å². The van der Waals surface area contributed by atoms with Gasteiger partial charge in [-0.2, -0.15) is 0 Å². The SMILES string of the molecule is CC(C(=O)c1ccc(Cl)cc1)N(C)Cc1ccccc1. The van der Waals surface area contributed by atoms with Gasteiger partial charge >= 0.3 is 0 Å². The topological polar surface area (TPSA) is 20.3 Å². The molecule has 2 aromatic rings. The zero-order valence-electron chi connectivity index (χ0n) is 11.7. The molecule has 2 rings (SSSR count). The lowest BCUT2D eigenvalue weighted by atomic mass is 10.0. The summed E-state index contributed by atoms with van der Waals surface area (Å²) in [7, 11) is 1.96. The third-order valence-corrected chi connectivity index (χ3v) is 3.70. The molecule has 0 aliphatic heterocycles. The van der Waals surface area contributed by atoms with Crippen LogP contribution in [0.25, 0.3) is 0 Å². The largest absolute Gasteiger partial charge is 0.292 e. The van der Waals surface area contributed by atoms with E-state index >= 15 is 0 Å². The summed E-state index contributed by atoms with van der Waals surface area (Å²) in [4.78, 5) is 14.5. The molecule has 0 bridgehead atoms. The monoisotopic (exact) mass is 287 g/mol. The maximum atomic E-state index is 12.4. The van der Waals surface area contributed by atoms with Crippen molar-refractivity contribution in [3.8, 4) is 0 Å². The van der Waals surface area contributed by atoms with Gasteiger partial charge in [0.1, 0.15) is 0 Å². The molecule has 0 aromatic heterocycles. The van der Waals surface area contributed by atoms with Crippen molar-refractivity contribution in [2.75, 3.05) is 7.05 Å². The smallest absolute Gasteiger partial charge is 0.179 e. The van der Waals surface area contributed by atoms with Crippen LogP contribution in [-0.4, -0.2) is 23.8 Å². The van der Waals surface area contributed by atoms with Crippen LogP contribution < -0.4 is 0 Å². The van der Waals surface area contributed by atoms with Gasteiger partial charge in [0.05, 0.1) is 6.04 Å². The molecule has 2 nitrogen and oxygen atoms in total. The number of rotatable bonds is 5. The van der Waals surface area contributed by atoms with Crippen molar-refractivity contribution in [1.82, 2.24) is 4.90 Å². The summed E-state index contributed by atoms with van der Waals surface area (Å²) in [5, 5.41) is 0.645. The van der Waals surface area contributed by atoms with E-state index in [0.717, 1.165) is 6.54 Å². The number of ketones is 1. The fourth-order valence-electron chi connectivity index (χ4n) is 2.06. The van der Waals surface area contributed by atoms with Crippen LogP contribution in [0.2, 0.25) is 5.02 Å². The van der Waals surface area contributed by atoms with Crippen molar-refractivity contribution in [3.63, 3.8) is 0 Å². The molecule has 20 heavy (non-hydrogen) atoms. The van der Waals surface area contributed by atoms with Crippen LogP contribution in [0.5, 0.6) is 0 Å². The van der Waals surface area contributed by atoms with Crippen LogP contribution >= 0.6 is 11.6 Å². The average molecular weight is 288 g/mol. The Labute approximate surface area is 125 Å². The van der Waals surface area contributed by atoms with E-state index < -0.39 is 0 Å². The van der Waals surface area contributed by atoms with E-state index in [2.05, 4.69) is 12.1 Å². The van der Waals surface area contributed by atoms with Crippen LogP contribution in [0.3, 0.4) is 0 Å². The van der Waals surface area contributed by atoms with Gasteiger partial charge in [-0.05, 0) is 43.8 Å². The van der Waals surface area contributed by atoms with Gasteiger partial charge in [-0.1, -0.05) is 41.9 Å². The number of carbonyl (C=O) groups is 1. The first-order valence-electron chi connectivity index (χ1n) is 6.62. The van der Waals surface area contributed by atoms with Gasteiger partial charge in [-0.3, -0.25) is 9.69 Å². The summed E-state index contributed by atoms with van der Waals surface area (Å²) in [5.74, 6) is 0.111. The highest BCUT2D eigenvalue weighted by molar-refractivity contribution is 6.30. The lowest BCUT2D eigenvalue weighted by molar-refractivity contribution is 0.0862. The Morgan fingerprint density at radius 3 is 2.30 bits per heavy atom. The van der Waals surface area contributed by atoms with Crippen molar-refractivity contribution in [2.45, 2.75) is 19.5 Å². The molecule has 0 N–H and O–H groups in total. The Morgan fingerprint density at radius 1 is 1.10 bits per heavy atom. The number of carbonyl (C=O) groups excluding carboxylic acids is 1.